The average Bonchev–Trinajstić information content (AvgIpc) is 2.80. The van der Waals surface area contributed by atoms with Crippen LogP contribution in [0.25, 0.3) is 10.8 Å². The number of aryl methyl sites for hydroxylation is 1. The van der Waals surface area contributed by atoms with E-state index >= 15 is 0 Å². The third-order valence-electron chi connectivity index (χ3n) is 6.73. The monoisotopic (exact) mass is 418 g/mol. The molecule has 1 unspecified atom stereocenters. The molecule has 0 bridgehead atoms. The maximum Gasteiger partial charge on any atom is 0.161 e. The molecular formula is C27H34N2O2. The fourth-order valence-corrected chi connectivity index (χ4v) is 5.02. The minimum atomic E-state index is 0.389. The van der Waals surface area contributed by atoms with Crippen molar-refractivity contribution >= 4 is 10.8 Å². The number of benzene rings is 3. The zero-order valence-corrected chi connectivity index (χ0v) is 19.4. The molecule has 3 aromatic carbocycles. The number of hydrogen-bond acceptors (Lipinski definition) is 4. The predicted molar refractivity (Wildman–Crippen MR) is 128 cm³/mol. The number of ether oxygens (including phenoxy) is 2. The van der Waals surface area contributed by atoms with E-state index in [4.69, 9.17) is 9.47 Å². The summed E-state index contributed by atoms with van der Waals surface area (Å²) in [4.78, 5) is 5.12. The van der Waals surface area contributed by atoms with Gasteiger partial charge in [0, 0.05) is 19.6 Å². The molecule has 1 atom stereocenters. The van der Waals surface area contributed by atoms with Crippen molar-refractivity contribution in [1.29, 1.82) is 0 Å². The number of nitrogens with zero attached hydrogens (tertiary/aromatic N) is 2. The van der Waals surface area contributed by atoms with Crippen molar-refractivity contribution < 1.29 is 9.47 Å². The molecular weight excluding hydrogens is 384 g/mol. The lowest BCUT2D eigenvalue weighted by molar-refractivity contribution is 0.0420. The van der Waals surface area contributed by atoms with Crippen LogP contribution in [-0.2, 0) is 19.5 Å². The fraction of sp³-hybridized carbons (Fsp3) is 0.407. The highest BCUT2D eigenvalue weighted by Gasteiger charge is 2.27. The van der Waals surface area contributed by atoms with Gasteiger partial charge < -0.3 is 9.47 Å². The minimum absolute atomic E-state index is 0.389. The van der Waals surface area contributed by atoms with Crippen LogP contribution in [-0.4, -0.2) is 43.8 Å². The Bertz CT molecular complexity index is 1060. The van der Waals surface area contributed by atoms with E-state index in [1.807, 2.05) is 0 Å². The van der Waals surface area contributed by atoms with Gasteiger partial charge in [0.1, 0.15) is 0 Å². The first-order chi connectivity index (χ1) is 15.0. The van der Waals surface area contributed by atoms with E-state index in [2.05, 4.69) is 79.2 Å². The van der Waals surface area contributed by atoms with Gasteiger partial charge in [0.15, 0.2) is 11.5 Å². The van der Waals surface area contributed by atoms with Crippen LogP contribution in [0.1, 0.15) is 35.6 Å². The standard InChI is InChI=1S/C27H34N2O2/c1-6-27(28(3)18-24-19(2)11-12-20-9-7-8-10-23(20)24)29-14-13-21-15-25(30-4)26(31-5)16-22(21)17-29/h7-12,15-16,27H,6,13-14,17-18H2,1-5H3. The van der Waals surface area contributed by atoms with Crippen molar-refractivity contribution in [2.24, 2.45) is 0 Å². The number of rotatable bonds is 7. The van der Waals surface area contributed by atoms with Crippen molar-refractivity contribution in [3.05, 3.63) is 70.8 Å². The van der Waals surface area contributed by atoms with Gasteiger partial charge in [-0.05, 0) is 72.0 Å². The number of hydrogen-bond donors (Lipinski definition) is 0. The second kappa shape index (κ2) is 9.29. The molecule has 4 nitrogen and oxygen atoms in total. The second-order valence-corrected chi connectivity index (χ2v) is 8.58. The van der Waals surface area contributed by atoms with Gasteiger partial charge in [0.05, 0.1) is 20.4 Å². The molecule has 31 heavy (non-hydrogen) atoms. The van der Waals surface area contributed by atoms with Crippen molar-refractivity contribution in [2.45, 2.75) is 45.9 Å². The van der Waals surface area contributed by atoms with E-state index in [9.17, 15) is 0 Å². The molecule has 1 heterocycles. The van der Waals surface area contributed by atoms with Crippen LogP contribution in [0.4, 0.5) is 0 Å². The van der Waals surface area contributed by atoms with Crippen LogP contribution < -0.4 is 9.47 Å². The van der Waals surface area contributed by atoms with E-state index in [0.717, 1.165) is 44.0 Å². The minimum Gasteiger partial charge on any atom is -0.493 e. The summed E-state index contributed by atoms with van der Waals surface area (Å²) in [5.41, 5.74) is 5.51. The molecule has 0 aromatic heterocycles. The summed E-state index contributed by atoms with van der Waals surface area (Å²) < 4.78 is 11.1. The lowest BCUT2D eigenvalue weighted by Gasteiger charge is -2.40. The van der Waals surface area contributed by atoms with Crippen LogP contribution in [0.5, 0.6) is 11.5 Å². The van der Waals surface area contributed by atoms with Crippen LogP contribution in [0.15, 0.2) is 48.5 Å². The molecule has 0 saturated carbocycles. The summed E-state index contributed by atoms with van der Waals surface area (Å²) in [6.45, 7) is 7.46. The van der Waals surface area contributed by atoms with Gasteiger partial charge in [0.2, 0.25) is 0 Å². The molecule has 0 saturated heterocycles. The largest absolute Gasteiger partial charge is 0.493 e. The Morgan fingerprint density at radius 2 is 1.71 bits per heavy atom. The molecule has 4 heteroatoms. The summed E-state index contributed by atoms with van der Waals surface area (Å²) in [6, 6.07) is 17.5. The van der Waals surface area contributed by atoms with Gasteiger partial charge in [-0.1, -0.05) is 43.3 Å². The summed E-state index contributed by atoms with van der Waals surface area (Å²) in [5, 5.41) is 2.68. The van der Waals surface area contributed by atoms with Crippen LogP contribution in [0.2, 0.25) is 0 Å². The molecule has 164 valence electrons. The molecule has 4 rings (SSSR count). The topological polar surface area (TPSA) is 24.9 Å². The van der Waals surface area contributed by atoms with Gasteiger partial charge in [-0.15, -0.1) is 0 Å². The molecule has 0 radical (unpaired) electrons. The highest BCUT2D eigenvalue weighted by atomic mass is 16.5. The smallest absolute Gasteiger partial charge is 0.161 e. The Kier molecular flexibility index (Phi) is 6.49. The molecule has 0 fully saturated rings. The predicted octanol–water partition coefficient (Wildman–Crippen LogP) is 5.39. The Morgan fingerprint density at radius 3 is 2.42 bits per heavy atom. The van der Waals surface area contributed by atoms with Crippen molar-refractivity contribution in [2.75, 3.05) is 27.8 Å². The number of methoxy groups -OCH3 is 2. The SMILES string of the molecule is CCC(N(C)Cc1c(C)ccc2ccccc12)N1CCc2cc(OC)c(OC)cc2C1. The average molecular weight is 419 g/mol. The third kappa shape index (κ3) is 4.28. The van der Waals surface area contributed by atoms with Crippen LogP contribution >= 0.6 is 0 Å². The Labute approximate surface area is 186 Å². The fourth-order valence-electron chi connectivity index (χ4n) is 5.02. The lowest BCUT2D eigenvalue weighted by Crippen LogP contribution is -2.48. The zero-order valence-electron chi connectivity index (χ0n) is 19.4. The van der Waals surface area contributed by atoms with Crippen molar-refractivity contribution in [1.82, 2.24) is 9.80 Å². The van der Waals surface area contributed by atoms with E-state index in [1.54, 1.807) is 14.2 Å². The molecule has 3 aromatic rings. The van der Waals surface area contributed by atoms with E-state index in [1.165, 1.54) is 33.0 Å². The third-order valence-corrected chi connectivity index (χ3v) is 6.73. The van der Waals surface area contributed by atoms with E-state index in [0.29, 0.717) is 6.17 Å². The van der Waals surface area contributed by atoms with Crippen LogP contribution in [0, 0.1) is 6.92 Å². The highest BCUT2D eigenvalue weighted by Crippen LogP contribution is 2.34. The Hall–Kier alpha value is -2.56. The molecule has 0 N–H and O–H groups in total. The Morgan fingerprint density at radius 1 is 1.00 bits per heavy atom. The maximum absolute atomic E-state index is 5.55. The van der Waals surface area contributed by atoms with Crippen molar-refractivity contribution in [3.63, 3.8) is 0 Å². The highest BCUT2D eigenvalue weighted by molar-refractivity contribution is 5.86. The van der Waals surface area contributed by atoms with Gasteiger partial charge in [0.25, 0.3) is 0 Å². The summed E-state index contributed by atoms with van der Waals surface area (Å²) in [6.07, 6.45) is 2.51. The van der Waals surface area contributed by atoms with Gasteiger partial charge >= 0.3 is 0 Å². The summed E-state index contributed by atoms with van der Waals surface area (Å²) in [5.74, 6) is 1.64. The normalized spacial score (nSPS) is 15.2. The van der Waals surface area contributed by atoms with Crippen LogP contribution in [0.3, 0.4) is 0 Å². The van der Waals surface area contributed by atoms with Gasteiger partial charge in [-0.2, -0.15) is 0 Å². The first-order valence-electron chi connectivity index (χ1n) is 11.2. The molecule has 1 aliphatic heterocycles. The second-order valence-electron chi connectivity index (χ2n) is 8.58. The number of fused-ring (bicyclic) bond motifs is 2. The van der Waals surface area contributed by atoms with E-state index < -0.39 is 0 Å². The van der Waals surface area contributed by atoms with Crippen molar-refractivity contribution in [3.8, 4) is 11.5 Å². The first-order valence-corrected chi connectivity index (χ1v) is 11.2. The quantitative estimate of drug-likeness (QED) is 0.513. The van der Waals surface area contributed by atoms with Gasteiger partial charge in [-0.3, -0.25) is 9.80 Å². The molecule has 0 aliphatic carbocycles. The Balaban J connectivity index is 1.57. The molecule has 0 spiro atoms. The maximum atomic E-state index is 5.55. The summed E-state index contributed by atoms with van der Waals surface area (Å²) >= 11 is 0. The molecule has 1 aliphatic rings. The lowest BCUT2D eigenvalue weighted by atomic mass is 9.97. The zero-order chi connectivity index (χ0) is 22.0. The summed E-state index contributed by atoms with van der Waals surface area (Å²) in [7, 11) is 5.68. The molecule has 0 amide bonds. The van der Waals surface area contributed by atoms with Gasteiger partial charge in [-0.25, -0.2) is 0 Å². The first kappa shape index (κ1) is 21.7. The van der Waals surface area contributed by atoms with E-state index in [-0.39, 0.29) is 0 Å².